The Labute approximate surface area is 413 Å². The van der Waals surface area contributed by atoms with Crippen LogP contribution in [0.1, 0.15) is 105 Å². The molecule has 0 saturated carbocycles. The van der Waals surface area contributed by atoms with Crippen LogP contribution in [0.4, 0.5) is 0 Å². The number of aliphatic hydroxyl groups is 3. The van der Waals surface area contributed by atoms with Crippen LogP contribution < -0.4 is 0 Å². The topological polar surface area (TPSA) is 222 Å². The molecule has 5 rings (SSSR count). The summed E-state index contributed by atoms with van der Waals surface area (Å²) in [6.07, 6.45) is -4.28. The van der Waals surface area contributed by atoms with Gasteiger partial charge in [-0.05, 0) is 103 Å². The van der Waals surface area contributed by atoms with Crippen LogP contribution in [0, 0.1) is 11.8 Å². The van der Waals surface area contributed by atoms with E-state index >= 15 is 0 Å². The Morgan fingerprint density at radius 2 is 1.71 bits per heavy atom. The average molecular weight is 986 g/mol. The molecule has 3 N–H and O–H groups in total. The maximum atomic E-state index is 14.2. The van der Waals surface area contributed by atoms with Crippen molar-refractivity contribution in [2.45, 2.75) is 185 Å². The molecule has 1 aromatic carbocycles. The number of β-amino-alcohol motifs (C(OH)–C–C–N with tert-alkyl or cyclic N) is 1. The van der Waals surface area contributed by atoms with Crippen LogP contribution in [-0.2, 0) is 57.1 Å². The number of benzene rings is 1. The number of likely N-dealkylation sites (N-methyl/N-ethyl adjacent to an activating group) is 2. The highest BCUT2D eigenvalue weighted by Gasteiger charge is 2.53. The molecule has 0 aliphatic carbocycles. The van der Waals surface area contributed by atoms with E-state index in [1.807, 2.05) is 61.4 Å². The summed E-state index contributed by atoms with van der Waals surface area (Å²) in [5, 5.41) is 36.3. The van der Waals surface area contributed by atoms with Crippen molar-refractivity contribution in [3.8, 4) is 0 Å². The number of methoxy groups -OCH3 is 1. The quantitative estimate of drug-likeness (QED) is 0.126. The van der Waals surface area contributed by atoms with Gasteiger partial charge in [0.2, 0.25) is 0 Å². The van der Waals surface area contributed by atoms with E-state index in [4.69, 9.17) is 37.9 Å². The van der Waals surface area contributed by atoms with Crippen molar-refractivity contribution in [1.82, 2.24) is 14.8 Å². The number of nitrogens with zero attached hydrogens (tertiary/aromatic N) is 3. The van der Waals surface area contributed by atoms with Gasteiger partial charge < -0.3 is 67.8 Å². The van der Waals surface area contributed by atoms with Crippen molar-refractivity contribution in [3.05, 3.63) is 48.2 Å². The molecule has 5 unspecified atom stereocenters. The highest BCUT2D eigenvalue weighted by molar-refractivity contribution is 5.81. The number of pyridine rings is 1. The van der Waals surface area contributed by atoms with Crippen molar-refractivity contribution in [1.29, 1.82) is 0 Å². The Bertz CT molecular complexity index is 2020. The van der Waals surface area contributed by atoms with E-state index in [1.54, 1.807) is 59.8 Å². The van der Waals surface area contributed by atoms with E-state index < -0.39 is 116 Å². The maximum absolute atomic E-state index is 14.2. The number of fused-ring (bicyclic) bond motifs is 1. The van der Waals surface area contributed by atoms with Crippen LogP contribution in [0.5, 0.6) is 0 Å². The normalized spacial score (nSPS) is 35.6. The first-order valence-corrected chi connectivity index (χ1v) is 24.9. The minimum Gasteiger partial charge on any atom is -0.462 e. The van der Waals surface area contributed by atoms with E-state index in [1.165, 1.54) is 7.11 Å². The molecule has 0 bridgehead atoms. The lowest BCUT2D eigenvalue weighted by Crippen LogP contribution is -2.66. The zero-order valence-corrected chi connectivity index (χ0v) is 42.7. The molecule has 0 radical (unpaired) electrons. The predicted octanol–water partition coefficient (Wildman–Crippen LogP) is 4.61. The van der Waals surface area contributed by atoms with Gasteiger partial charge in [0.1, 0.15) is 42.4 Å². The van der Waals surface area contributed by atoms with Crippen molar-refractivity contribution >= 4 is 41.2 Å². The summed E-state index contributed by atoms with van der Waals surface area (Å²) in [6.45, 7) is 11.1. The van der Waals surface area contributed by atoms with E-state index in [0.29, 0.717) is 32.4 Å². The number of carbonyl (C=O) groups is 4. The third-order valence-electron chi connectivity index (χ3n) is 13.8. The zero-order valence-electron chi connectivity index (χ0n) is 42.7. The summed E-state index contributed by atoms with van der Waals surface area (Å²) >= 11 is 0. The highest BCUT2D eigenvalue weighted by Crippen LogP contribution is 2.38. The van der Waals surface area contributed by atoms with Gasteiger partial charge in [-0.1, -0.05) is 45.1 Å². The summed E-state index contributed by atoms with van der Waals surface area (Å²) in [4.78, 5) is 60.3. The highest BCUT2D eigenvalue weighted by atomic mass is 16.7. The number of aromatic nitrogens is 1. The summed E-state index contributed by atoms with van der Waals surface area (Å²) in [5.74, 6) is -2.81. The van der Waals surface area contributed by atoms with Gasteiger partial charge in [0, 0.05) is 57.3 Å². The fourth-order valence-electron chi connectivity index (χ4n) is 9.99. The summed E-state index contributed by atoms with van der Waals surface area (Å²) < 4.78 is 49.9. The molecule has 16 atom stereocenters. The fourth-order valence-corrected chi connectivity index (χ4v) is 9.99. The number of esters is 3. The summed E-state index contributed by atoms with van der Waals surface area (Å²) in [7, 11) is 6.83. The number of hydrogen-bond acceptors (Lipinski definition) is 18. The Morgan fingerprint density at radius 1 is 0.986 bits per heavy atom. The van der Waals surface area contributed by atoms with E-state index in [0.717, 1.165) is 22.8 Å². The van der Waals surface area contributed by atoms with Crippen molar-refractivity contribution in [3.63, 3.8) is 0 Å². The van der Waals surface area contributed by atoms with Gasteiger partial charge in [-0.3, -0.25) is 19.4 Å². The molecule has 0 spiro atoms. The largest absolute Gasteiger partial charge is 0.462 e. The van der Waals surface area contributed by atoms with E-state index in [-0.39, 0.29) is 38.0 Å². The number of hydrogen-bond donors (Lipinski definition) is 3. The van der Waals surface area contributed by atoms with Gasteiger partial charge in [-0.15, -0.1) is 0 Å². The Morgan fingerprint density at radius 3 is 2.39 bits per heavy atom. The summed E-state index contributed by atoms with van der Waals surface area (Å²) in [5.41, 5.74) is 0.338. The second kappa shape index (κ2) is 26.7. The van der Waals surface area contributed by atoms with Gasteiger partial charge in [-0.25, -0.2) is 0 Å². The third kappa shape index (κ3) is 15.5. The fraction of sp³-hybridized carbons (Fsp3) is 0.712. The SMILES string of the molecule is CCC(=O)O[C@@H]1CC(=O)O[C@@H](CC=Cc2ccc3ncccc3c2)CCCN(C)C[C@H](O)[C@H](C)C[C@H](CC=O)[C@H](O[C@@H]2OC(C)[C@@H](O[C@H]3CC(C)(O)[C@@H](OC(=O)CC)C(C)O3)C(N(C)C)C2O)[C@H]1OC. The van der Waals surface area contributed by atoms with E-state index in [9.17, 15) is 34.5 Å². The minimum absolute atomic E-state index is 0.0163. The second-order valence-electron chi connectivity index (χ2n) is 19.8. The molecule has 18 heteroatoms. The van der Waals surface area contributed by atoms with Crippen molar-refractivity contribution < 1.29 is 72.4 Å². The molecule has 4 heterocycles. The molecule has 0 amide bonds. The van der Waals surface area contributed by atoms with Gasteiger partial charge in [-0.2, -0.15) is 0 Å². The maximum Gasteiger partial charge on any atom is 0.309 e. The molecular weight excluding hydrogens is 907 g/mol. The molecule has 2 aromatic rings. The van der Waals surface area contributed by atoms with E-state index in [2.05, 4.69) is 4.98 Å². The molecule has 3 fully saturated rings. The Hall–Kier alpha value is -3.95. The lowest BCUT2D eigenvalue weighted by Gasteiger charge is -2.50. The van der Waals surface area contributed by atoms with Crippen LogP contribution in [0.25, 0.3) is 17.0 Å². The number of ether oxygens (including phenoxy) is 8. The molecular formula is C52H79N3O15. The standard InChI is InChI=1S/C52H79N3O15/c1-11-41(58)67-40-28-43(60)66-37(18-13-16-34-20-21-38-35(27-34)17-14-23-53-38)19-15-24-55(9)30-39(57)31(3)26-36(22-25-56)48(49(40)63-10)70-51-46(61)45(54(7)8)47(32(4)65-51)69-44-29-52(6,62)50(33(5)64-44)68-42(59)12-2/h13-14,16-17,20-21,23,25,27,31-33,36-37,39-40,44-51,57,61-62H,11-12,15,18-19,22,24,26,28-30H2,1-10H3/t31-,32?,33?,36+,37+,39+,40-,44+,45?,46?,47-,48+,49+,50+,51+,52?/m1/s1. The van der Waals surface area contributed by atoms with Crippen LogP contribution in [0.3, 0.4) is 0 Å². The average Bonchev–Trinajstić information content (AvgIpc) is 3.30. The third-order valence-corrected chi connectivity index (χ3v) is 13.8. The van der Waals surface area contributed by atoms with Gasteiger partial charge in [0.25, 0.3) is 0 Å². The van der Waals surface area contributed by atoms with Crippen LogP contribution in [-0.4, -0.2) is 181 Å². The molecule has 1 aromatic heterocycles. The number of cyclic esters (lactones) is 1. The molecule has 18 nitrogen and oxygen atoms in total. The van der Waals surface area contributed by atoms with Crippen LogP contribution in [0.15, 0.2) is 42.6 Å². The lowest BCUT2D eigenvalue weighted by atomic mass is 9.82. The molecule has 3 saturated heterocycles. The molecule has 3 aliphatic heterocycles. The number of carbonyl (C=O) groups excluding carboxylic acids is 4. The lowest BCUT2D eigenvalue weighted by molar-refractivity contribution is -0.344. The molecule has 3 aliphatic rings. The van der Waals surface area contributed by atoms with Crippen molar-refractivity contribution in [2.75, 3.05) is 41.3 Å². The number of rotatable bonds is 15. The zero-order chi connectivity index (χ0) is 51.3. The number of aliphatic hydroxyl groups excluding tert-OH is 2. The van der Waals surface area contributed by atoms with Crippen LogP contribution in [0.2, 0.25) is 0 Å². The minimum atomic E-state index is -1.50. The first-order valence-electron chi connectivity index (χ1n) is 24.9. The van der Waals surface area contributed by atoms with Gasteiger partial charge >= 0.3 is 17.9 Å². The molecule has 392 valence electrons. The monoisotopic (exact) mass is 986 g/mol. The first kappa shape index (κ1) is 57.0. The summed E-state index contributed by atoms with van der Waals surface area (Å²) in [6, 6.07) is 9.04. The second-order valence-corrected chi connectivity index (χ2v) is 19.8. The predicted molar refractivity (Wildman–Crippen MR) is 259 cm³/mol. The Balaban J connectivity index is 1.44. The molecule has 70 heavy (non-hydrogen) atoms. The number of aldehydes is 1. The van der Waals surface area contributed by atoms with Gasteiger partial charge in [0.05, 0.1) is 42.4 Å². The van der Waals surface area contributed by atoms with Gasteiger partial charge in [0.15, 0.2) is 18.7 Å². The smallest absolute Gasteiger partial charge is 0.309 e. The van der Waals surface area contributed by atoms with Crippen molar-refractivity contribution in [2.24, 2.45) is 11.8 Å². The van der Waals surface area contributed by atoms with Crippen LogP contribution >= 0.6 is 0 Å². The first-order chi connectivity index (χ1) is 33.3. The Kier molecular flexibility index (Phi) is 21.7.